The van der Waals surface area contributed by atoms with Crippen LogP contribution in [0.2, 0.25) is 0 Å². The van der Waals surface area contributed by atoms with Crippen LogP contribution in [0.4, 0.5) is 0 Å². The average molecular weight is 276 g/mol. The summed E-state index contributed by atoms with van der Waals surface area (Å²) in [6.07, 6.45) is 4.57. The second-order valence-electron chi connectivity index (χ2n) is 5.11. The van der Waals surface area contributed by atoms with E-state index in [1.165, 1.54) is 12.8 Å². The Hall–Kier alpha value is -1.88. The summed E-state index contributed by atoms with van der Waals surface area (Å²) >= 11 is 0. The summed E-state index contributed by atoms with van der Waals surface area (Å²) < 4.78 is 0. The minimum absolute atomic E-state index is 0.168. The third kappa shape index (κ3) is 4.06. The van der Waals surface area contributed by atoms with E-state index in [2.05, 4.69) is 10.6 Å². The molecule has 1 amide bonds. The highest BCUT2D eigenvalue weighted by Gasteiger charge is 2.22. The fraction of sp³-hybridized carbons (Fsp3) is 0.467. The molecule has 108 valence electrons. The van der Waals surface area contributed by atoms with Crippen LogP contribution in [0.1, 0.15) is 37.3 Å². The fourth-order valence-electron chi connectivity index (χ4n) is 2.51. The third-order valence-corrected chi connectivity index (χ3v) is 3.59. The van der Waals surface area contributed by atoms with Crippen molar-refractivity contribution >= 4 is 11.9 Å². The summed E-state index contributed by atoms with van der Waals surface area (Å²) in [5, 5.41) is 14.9. The summed E-state index contributed by atoms with van der Waals surface area (Å²) in [6, 6.07) is 8.12. The molecule has 5 heteroatoms. The van der Waals surface area contributed by atoms with Crippen LogP contribution in [0, 0.1) is 0 Å². The molecule has 0 aliphatic heterocycles. The summed E-state index contributed by atoms with van der Waals surface area (Å²) in [7, 11) is 0. The molecule has 3 N–H and O–H groups in total. The first kappa shape index (κ1) is 14.5. The van der Waals surface area contributed by atoms with Crippen molar-refractivity contribution < 1.29 is 14.7 Å². The van der Waals surface area contributed by atoms with E-state index in [4.69, 9.17) is 0 Å². The van der Waals surface area contributed by atoms with Gasteiger partial charge in [0.15, 0.2) is 6.04 Å². The van der Waals surface area contributed by atoms with Gasteiger partial charge < -0.3 is 15.7 Å². The van der Waals surface area contributed by atoms with Crippen LogP contribution in [0.3, 0.4) is 0 Å². The van der Waals surface area contributed by atoms with Crippen molar-refractivity contribution in [3.63, 3.8) is 0 Å². The van der Waals surface area contributed by atoms with Crippen LogP contribution < -0.4 is 10.6 Å². The molecule has 1 aliphatic rings. The fourth-order valence-corrected chi connectivity index (χ4v) is 2.51. The maximum atomic E-state index is 11.9. The lowest BCUT2D eigenvalue weighted by molar-refractivity contribution is -0.141. The van der Waals surface area contributed by atoms with Crippen molar-refractivity contribution in [1.82, 2.24) is 10.6 Å². The highest BCUT2D eigenvalue weighted by Crippen LogP contribution is 2.17. The van der Waals surface area contributed by atoms with Crippen molar-refractivity contribution in [1.29, 1.82) is 0 Å². The van der Waals surface area contributed by atoms with E-state index >= 15 is 0 Å². The van der Waals surface area contributed by atoms with Gasteiger partial charge in [0.1, 0.15) is 0 Å². The Labute approximate surface area is 118 Å². The normalized spacial score (nSPS) is 16.8. The molecule has 0 saturated heterocycles. The molecule has 2 rings (SSSR count). The highest BCUT2D eigenvalue weighted by molar-refractivity contribution is 5.85. The van der Waals surface area contributed by atoms with Gasteiger partial charge in [-0.2, -0.15) is 0 Å². The maximum absolute atomic E-state index is 11.9. The first-order valence-corrected chi connectivity index (χ1v) is 6.97. The van der Waals surface area contributed by atoms with Crippen molar-refractivity contribution in [3.05, 3.63) is 35.9 Å². The van der Waals surface area contributed by atoms with E-state index < -0.39 is 12.0 Å². The zero-order valence-corrected chi connectivity index (χ0v) is 11.3. The second kappa shape index (κ2) is 7.05. The molecule has 1 unspecified atom stereocenters. The van der Waals surface area contributed by atoms with Gasteiger partial charge in [-0.25, -0.2) is 4.79 Å². The monoisotopic (exact) mass is 276 g/mol. The Balaban J connectivity index is 1.87. The molecule has 0 spiro atoms. The van der Waals surface area contributed by atoms with Crippen LogP contribution in [0.5, 0.6) is 0 Å². The molecule has 0 aromatic heterocycles. The average Bonchev–Trinajstić information content (AvgIpc) is 2.96. The largest absolute Gasteiger partial charge is 0.479 e. The summed E-state index contributed by atoms with van der Waals surface area (Å²) in [5.74, 6) is -1.33. The minimum atomic E-state index is -1.05. The molecule has 0 radical (unpaired) electrons. The predicted octanol–water partition coefficient (Wildman–Crippen LogP) is 1.46. The van der Waals surface area contributed by atoms with E-state index in [9.17, 15) is 14.7 Å². The number of carboxylic acid groups (broad SMARTS) is 1. The number of nitrogens with one attached hydrogen (secondary N) is 2. The Kier molecular flexibility index (Phi) is 5.12. The van der Waals surface area contributed by atoms with E-state index in [1.54, 1.807) is 24.3 Å². The van der Waals surface area contributed by atoms with Crippen LogP contribution in [-0.2, 0) is 9.59 Å². The molecule has 1 atom stereocenters. The lowest BCUT2D eigenvalue weighted by Gasteiger charge is -2.16. The quantitative estimate of drug-likeness (QED) is 0.735. The Bertz CT molecular complexity index is 455. The number of aliphatic carboxylic acids is 1. The number of benzene rings is 1. The molecule has 20 heavy (non-hydrogen) atoms. The number of hydrogen-bond acceptors (Lipinski definition) is 3. The van der Waals surface area contributed by atoms with Gasteiger partial charge in [-0.1, -0.05) is 43.2 Å². The van der Waals surface area contributed by atoms with Crippen LogP contribution in [0.25, 0.3) is 0 Å². The molecule has 0 bridgehead atoms. The Morgan fingerprint density at radius 2 is 1.85 bits per heavy atom. The zero-order valence-electron chi connectivity index (χ0n) is 11.3. The van der Waals surface area contributed by atoms with E-state index in [0.29, 0.717) is 11.6 Å². The smallest absolute Gasteiger partial charge is 0.330 e. The topological polar surface area (TPSA) is 78.4 Å². The molecule has 5 nitrogen and oxygen atoms in total. The highest BCUT2D eigenvalue weighted by atomic mass is 16.4. The maximum Gasteiger partial charge on any atom is 0.330 e. The van der Waals surface area contributed by atoms with Gasteiger partial charge in [0.05, 0.1) is 6.54 Å². The van der Waals surface area contributed by atoms with Crippen molar-refractivity contribution in [2.24, 2.45) is 0 Å². The second-order valence-corrected chi connectivity index (χ2v) is 5.11. The van der Waals surface area contributed by atoms with Gasteiger partial charge >= 0.3 is 5.97 Å². The third-order valence-electron chi connectivity index (χ3n) is 3.59. The molecule has 0 heterocycles. The van der Waals surface area contributed by atoms with Gasteiger partial charge in [0, 0.05) is 6.04 Å². The first-order valence-electron chi connectivity index (χ1n) is 6.97. The predicted molar refractivity (Wildman–Crippen MR) is 75.2 cm³/mol. The van der Waals surface area contributed by atoms with Crippen molar-refractivity contribution in [2.45, 2.75) is 37.8 Å². The van der Waals surface area contributed by atoms with E-state index in [0.717, 1.165) is 12.8 Å². The number of hydrogen-bond donors (Lipinski definition) is 3. The number of carbonyl (C=O) groups is 2. The van der Waals surface area contributed by atoms with E-state index in [1.807, 2.05) is 6.07 Å². The molecule has 1 fully saturated rings. The van der Waals surface area contributed by atoms with Gasteiger partial charge in [-0.3, -0.25) is 4.79 Å². The Morgan fingerprint density at radius 3 is 2.45 bits per heavy atom. The molecular formula is C15H20N2O3. The summed E-state index contributed by atoms with van der Waals surface area (Å²) in [5.41, 5.74) is 0.578. The lowest BCUT2D eigenvalue weighted by Crippen LogP contribution is -2.41. The Morgan fingerprint density at radius 1 is 1.20 bits per heavy atom. The molecule has 1 saturated carbocycles. The van der Waals surface area contributed by atoms with Gasteiger partial charge in [-0.05, 0) is 18.4 Å². The summed E-state index contributed by atoms with van der Waals surface area (Å²) in [6.45, 7) is 0.168. The molecular weight excluding hydrogens is 256 g/mol. The number of carbonyl (C=O) groups excluding carboxylic acids is 1. The number of rotatable bonds is 6. The van der Waals surface area contributed by atoms with Crippen LogP contribution >= 0.6 is 0 Å². The van der Waals surface area contributed by atoms with Gasteiger partial charge in [0.25, 0.3) is 0 Å². The molecule has 1 aliphatic carbocycles. The number of carboxylic acids is 1. The SMILES string of the molecule is O=C(CNC1CCCC1)NC(C(=O)O)c1ccccc1. The van der Waals surface area contributed by atoms with Gasteiger partial charge in [0.2, 0.25) is 5.91 Å². The standard InChI is InChI=1S/C15H20N2O3/c18-13(10-16-12-8-4-5-9-12)17-14(15(19)20)11-6-2-1-3-7-11/h1-3,6-7,12,14,16H,4-5,8-10H2,(H,17,18)(H,19,20). The minimum Gasteiger partial charge on any atom is -0.479 e. The zero-order chi connectivity index (χ0) is 14.4. The number of amides is 1. The van der Waals surface area contributed by atoms with Crippen LogP contribution in [0.15, 0.2) is 30.3 Å². The van der Waals surface area contributed by atoms with Crippen LogP contribution in [-0.4, -0.2) is 29.6 Å². The van der Waals surface area contributed by atoms with Crippen molar-refractivity contribution in [2.75, 3.05) is 6.54 Å². The van der Waals surface area contributed by atoms with Gasteiger partial charge in [-0.15, -0.1) is 0 Å². The van der Waals surface area contributed by atoms with Crippen molar-refractivity contribution in [3.8, 4) is 0 Å². The molecule has 1 aromatic carbocycles. The first-order chi connectivity index (χ1) is 9.66. The summed E-state index contributed by atoms with van der Waals surface area (Å²) in [4.78, 5) is 23.1. The lowest BCUT2D eigenvalue weighted by atomic mass is 10.1. The molecule has 1 aromatic rings. The van der Waals surface area contributed by atoms with E-state index in [-0.39, 0.29) is 12.5 Å².